The molecule has 0 unspecified atom stereocenters. The zero-order chi connectivity index (χ0) is 17.4. The maximum atomic E-state index is 10.5. The van der Waals surface area contributed by atoms with Crippen molar-refractivity contribution in [1.29, 1.82) is 0 Å². The number of benzene rings is 2. The molecule has 0 saturated heterocycles. The first-order chi connectivity index (χ1) is 12.1. The second kappa shape index (κ2) is 7.48. The minimum atomic E-state index is 0. The van der Waals surface area contributed by atoms with Gasteiger partial charge in [0.2, 0.25) is 0 Å². The Hall–Kier alpha value is -2.36. The smallest absolute Gasteiger partial charge is 0.123 e. The van der Waals surface area contributed by atoms with Crippen LogP contribution in [0, 0.1) is 0 Å². The van der Waals surface area contributed by atoms with E-state index in [1.54, 1.807) is 6.07 Å². The fourth-order valence-corrected chi connectivity index (χ4v) is 3.71. The predicted molar refractivity (Wildman–Crippen MR) is 110 cm³/mol. The number of hydrogen-bond acceptors (Lipinski definition) is 3. The van der Waals surface area contributed by atoms with Crippen molar-refractivity contribution < 1.29 is 5.11 Å². The molecular weight excluding hydrogens is 344 g/mol. The molecular formula is C22H23ClN2O. The van der Waals surface area contributed by atoms with Gasteiger partial charge >= 0.3 is 0 Å². The number of hydrogen-bond donors (Lipinski definition) is 1. The second-order valence-corrected chi connectivity index (χ2v) is 6.91. The van der Waals surface area contributed by atoms with Crippen molar-refractivity contribution >= 4 is 28.9 Å². The van der Waals surface area contributed by atoms with Crippen LogP contribution < -0.4 is 0 Å². The monoisotopic (exact) mass is 366 g/mol. The van der Waals surface area contributed by atoms with Crippen molar-refractivity contribution in [3.8, 4) is 5.75 Å². The largest absolute Gasteiger partial charge is 0.507 e. The van der Waals surface area contributed by atoms with Gasteiger partial charge in [-0.1, -0.05) is 36.4 Å². The van der Waals surface area contributed by atoms with Crippen LogP contribution in [0.2, 0.25) is 0 Å². The molecule has 26 heavy (non-hydrogen) atoms. The first-order valence-corrected chi connectivity index (χ1v) is 8.67. The number of halogens is 1. The maximum Gasteiger partial charge on any atom is 0.123 e. The van der Waals surface area contributed by atoms with Gasteiger partial charge in [-0.15, -0.1) is 12.4 Å². The Morgan fingerprint density at radius 3 is 2.46 bits per heavy atom. The van der Waals surface area contributed by atoms with Crippen molar-refractivity contribution in [1.82, 2.24) is 9.88 Å². The van der Waals surface area contributed by atoms with Crippen LogP contribution in [-0.4, -0.2) is 35.6 Å². The molecule has 0 bridgehead atoms. The molecule has 0 fully saturated rings. The molecule has 0 atom stereocenters. The van der Waals surface area contributed by atoms with Crippen LogP contribution >= 0.6 is 12.4 Å². The summed E-state index contributed by atoms with van der Waals surface area (Å²) < 4.78 is 0. The van der Waals surface area contributed by atoms with E-state index in [1.807, 2.05) is 30.3 Å². The number of pyridine rings is 1. The van der Waals surface area contributed by atoms with E-state index in [4.69, 9.17) is 4.98 Å². The van der Waals surface area contributed by atoms with Gasteiger partial charge in [0.15, 0.2) is 0 Å². The molecule has 1 heterocycles. The summed E-state index contributed by atoms with van der Waals surface area (Å²) in [6.07, 6.45) is 1.92. The highest BCUT2D eigenvalue weighted by Gasteiger charge is 2.24. The summed E-state index contributed by atoms with van der Waals surface area (Å²) in [5.74, 6) is 0.328. The zero-order valence-corrected chi connectivity index (χ0v) is 15.9. The highest BCUT2D eigenvalue weighted by Crippen LogP contribution is 2.40. The molecule has 134 valence electrons. The predicted octanol–water partition coefficient (Wildman–Crippen LogP) is 4.67. The Bertz CT molecular complexity index is 979. The van der Waals surface area contributed by atoms with Crippen LogP contribution in [0.25, 0.3) is 16.5 Å². The van der Waals surface area contributed by atoms with Gasteiger partial charge < -0.3 is 10.0 Å². The van der Waals surface area contributed by atoms with Crippen molar-refractivity contribution in [3.05, 3.63) is 77.0 Å². The minimum Gasteiger partial charge on any atom is -0.507 e. The number of likely N-dealkylation sites (N-methyl/N-ethyl adjacent to an activating group) is 1. The van der Waals surface area contributed by atoms with Crippen LogP contribution in [0.5, 0.6) is 5.75 Å². The van der Waals surface area contributed by atoms with Crippen molar-refractivity contribution in [3.63, 3.8) is 0 Å². The van der Waals surface area contributed by atoms with E-state index >= 15 is 0 Å². The summed E-state index contributed by atoms with van der Waals surface area (Å²) in [6, 6.07) is 18.1. The van der Waals surface area contributed by atoms with E-state index in [1.165, 1.54) is 5.57 Å². The van der Waals surface area contributed by atoms with Crippen LogP contribution in [0.1, 0.15) is 23.2 Å². The SMILES string of the molecule is CN(C)CC1=C(c2ccccc2O)c2cc3ccccc3nc2CC1.Cl. The van der Waals surface area contributed by atoms with Gasteiger partial charge in [0, 0.05) is 28.8 Å². The Morgan fingerprint density at radius 1 is 0.962 bits per heavy atom. The molecule has 1 aliphatic carbocycles. The van der Waals surface area contributed by atoms with Gasteiger partial charge in [0.05, 0.1) is 5.52 Å². The number of fused-ring (bicyclic) bond motifs is 2. The van der Waals surface area contributed by atoms with Crippen molar-refractivity contribution in [2.45, 2.75) is 12.8 Å². The number of para-hydroxylation sites is 2. The average Bonchev–Trinajstić information content (AvgIpc) is 2.60. The summed E-state index contributed by atoms with van der Waals surface area (Å²) in [5.41, 5.74) is 6.72. The highest BCUT2D eigenvalue weighted by atomic mass is 35.5. The molecule has 3 nitrogen and oxygen atoms in total. The number of rotatable bonds is 3. The second-order valence-electron chi connectivity index (χ2n) is 6.91. The van der Waals surface area contributed by atoms with E-state index < -0.39 is 0 Å². The number of aromatic nitrogens is 1. The number of aromatic hydroxyl groups is 1. The number of phenols is 1. The molecule has 0 aliphatic heterocycles. The van der Waals surface area contributed by atoms with Gasteiger partial charge in [-0.25, -0.2) is 0 Å². The molecule has 4 heteroatoms. The van der Waals surface area contributed by atoms with Crippen LogP contribution in [0.4, 0.5) is 0 Å². The van der Waals surface area contributed by atoms with Crippen LogP contribution in [0.3, 0.4) is 0 Å². The summed E-state index contributed by atoms with van der Waals surface area (Å²) >= 11 is 0. The van der Waals surface area contributed by atoms with Crippen LogP contribution in [-0.2, 0) is 6.42 Å². The first kappa shape index (κ1) is 18.4. The average molecular weight is 367 g/mol. The molecule has 1 aromatic heterocycles. The third-order valence-corrected chi connectivity index (χ3v) is 4.77. The molecule has 1 N–H and O–H groups in total. The van der Waals surface area contributed by atoms with E-state index in [0.717, 1.165) is 52.7 Å². The molecule has 1 aliphatic rings. The third kappa shape index (κ3) is 3.33. The summed E-state index contributed by atoms with van der Waals surface area (Å²) in [4.78, 5) is 7.09. The zero-order valence-electron chi connectivity index (χ0n) is 15.1. The standard InChI is InChI=1S/C22H22N2O.ClH/c1-24(2)14-16-11-12-20-18(13-15-7-3-5-9-19(15)23-20)22(16)17-8-4-6-10-21(17)25;/h3-10,13,25H,11-12,14H2,1-2H3;1H. The molecule has 4 rings (SSSR count). The highest BCUT2D eigenvalue weighted by molar-refractivity contribution is 5.91. The Kier molecular flexibility index (Phi) is 5.30. The topological polar surface area (TPSA) is 36.4 Å². The van der Waals surface area contributed by atoms with Crippen LogP contribution in [0.15, 0.2) is 60.2 Å². The quantitative estimate of drug-likeness (QED) is 0.731. The molecule has 3 aromatic rings. The van der Waals surface area contributed by atoms with E-state index in [-0.39, 0.29) is 12.4 Å². The van der Waals surface area contributed by atoms with Gasteiger partial charge in [0.1, 0.15) is 5.75 Å². The van der Waals surface area contributed by atoms with Gasteiger partial charge in [-0.05, 0) is 56.3 Å². The number of phenolic OH excluding ortho intramolecular Hbond substituents is 1. The summed E-state index contributed by atoms with van der Waals surface area (Å²) in [5, 5.41) is 11.6. The fraction of sp³-hybridized carbons (Fsp3) is 0.227. The molecule has 2 aromatic carbocycles. The Morgan fingerprint density at radius 2 is 1.69 bits per heavy atom. The van der Waals surface area contributed by atoms with Crippen molar-refractivity contribution in [2.24, 2.45) is 0 Å². The lowest BCUT2D eigenvalue weighted by molar-refractivity contribution is 0.438. The fourth-order valence-electron chi connectivity index (χ4n) is 3.71. The normalized spacial score (nSPS) is 13.7. The first-order valence-electron chi connectivity index (χ1n) is 8.67. The van der Waals surface area contributed by atoms with Gasteiger partial charge in [-0.2, -0.15) is 0 Å². The van der Waals surface area contributed by atoms with E-state index in [0.29, 0.717) is 5.75 Å². The van der Waals surface area contributed by atoms with Gasteiger partial charge in [-0.3, -0.25) is 4.98 Å². The Balaban J connectivity index is 0.00000196. The molecule has 0 amide bonds. The van der Waals surface area contributed by atoms with E-state index in [2.05, 4.69) is 37.2 Å². The molecule has 0 spiro atoms. The minimum absolute atomic E-state index is 0. The lowest BCUT2D eigenvalue weighted by atomic mass is 9.83. The summed E-state index contributed by atoms with van der Waals surface area (Å²) in [6.45, 7) is 0.885. The summed E-state index contributed by atoms with van der Waals surface area (Å²) in [7, 11) is 4.17. The number of nitrogens with zero attached hydrogens (tertiary/aromatic N) is 2. The molecule has 0 radical (unpaired) electrons. The third-order valence-electron chi connectivity index (χ3n) is 4.77. The maximum absolute atomic E-state index is 10.5. The van der Waals surface area contributed by atoms with Crippen molar-refractivity contribution in [2.75, 3.05) is 20.6 Å². The van der Waals surface area contributed by atoms with Gasteiger partial charge in [0.25, 0.3) is 0 Å². The van der Waals surface area contributed by atoms with E-state index in [9.17, 15) is 5.11 Å². The lowest BCUT2D eigenvalue weighted by Crippen LogP contribution is -2.20. The lowest BCUT2D eigenvalue weighted by Gasteiger charge is -2.26. The Labute approximate surface area is 160 Å². The number of aryl methyl sites for hydroxylation is 1. The molecule has 0 saturated carbocycles.